The van der Waals surface area contributed by atoms with E-state index in [1.54, 1.807) is 12.1 Å². The van der Waals surface area contributed by atoms with E-state index in [2.05, 4.69) is 37.8 Å². The van der Waals surface area contributed by atoms with Crippen LogP contribution < -0.4 is 10.3 Å². The molecule has 1 aliphatic rings. The molecule has 3 heterocycles. The summed E-state index contributed by atoms with van der Waals surface area (Å²) in [5.41, 5.74) is 5.88. The number of aromatic nitrogens is 4. The Hall–Kier alpha value is -2.93. The van der Waals surface area contributed by atoms with Gasteiger partial charge in [-0.15, -0.1) is 10.2 Å². The number of hydrogen-bond donors (Lipinski definition) is 1. The van der Waals surface area contributed by atoms with Crippen molar-refractivity contribution in [2.24, 2.45) is 5.10 Å². The van der Waals surface area contributed by atoms with E-state index in [-0.39, 0.29) is 0 Å². The lowest BCUT2D eigenvalue weighted by atomic mass is 10.1. The minimum absolute atomic E-state index is 0.349. The molecule has 144 valence electrons. The summed E-state index contributed by atoms with van der Waals surface area (Å²) in [5, 5.41) is 17.3. The monoisotopic (exact) mass is 395 g/mol. The third kappa shape index (κ3) is 3.99. The molecule has 3 aromatic rings. The summed E-state index contributed by atoms with van der Waals surface area (Å²) in [4.78, 5) is 2.40. The van der Waals surface area contributed by atoms with Crippen LogP contribution in [0.3, 0.4) is 0 Å². The minimum atomic E-state index is 0.349. The lowest BCUT2D eigenvalue weighted by Crippen LogP contribution is -2.32. The van der Waals surface area contributed by atoms with E-state index in [1.807, 2.05) is 36.0 Å². The van der Waals surface area contributed by atoms with Crippen molar-refractivity contribution in [2.75, 3.05) is 23.4 Å². The number of hydrazone groups is 1. The summed E-state index contributed by atoms with van der Waals surface area (Å²) >= 11 is 5.77. The molecule has 1 N–H and O–H groups in total. The largest absolute Gasteiger partial charge is 0.356 e. The summed E-state index contributed by atoms with van der Waals surface area (Å²) in [7, 11) is 0. The van der Waals surface area contributed by atoms with Crippen LogP contribution in [-0.4, -0.2) is 39.3 Å². The molecule has 0 atom stereocenters. The molecule has 0 bridgehead atoms. The maximum Gasteiger partial charge on any atom is 0.168 e. The molecule has 0 amide bonds. The topological polar surface area (TPSA) is 71.2 Å². The molecule has 0 spiro atoms. The number of benzene rings is 1. The van der Waals surface area contributed by atoms with Gasteiger partial charge in [0.25, 0.3) is 0 Å². The molecule has 1 aliphatic heterocycles. The van der Waals surface area contributed by atoms with Crippen molar-refractivity contribution in [1.82, 2.24) is 20.0 Å². The average molecular weight is 396 g/mol. The number of rotatable bonds is 5. The molecule has 0 aliphatic carbocycles. The van der Waals surface area contributed by atoms with E-state index in [9.17, 15) is 0 Å². The number of aryl methyl sites for hydroxylation is 1. The predicted octanol–water partition coefficient (Wildman–Crippen LogP) is 4.06. The van der Waals surface area contributed by atoms with Crippen LogP contribution in [0.15, 0.2) is 47.6 Å². The van der Waals surface area contributed by atoms with Gasteiger partial charge in [-0.3, -0.25) is 5.43 Å². The van der Waals surface area contributed by atoms with E-state index < -0.39 is 0 Å². The zero-order valence-electron chi connectivity index (χ0n) is 15.7. The van der Waals surface area contributed by atoms with Crippen LogP contribution in [0.1, 0.15) is 30.5 Å². The fourth-order valence-corrected chi connectivity index (χ4v) is 3.48. The summed E-state index contributed by atoms with van der Waals surface area (Å²) in [5.74, 6) is 1.62. The Kier molecular flexibility index (Phi) is 5.53. The minimum Gasteiger partial charge on any atom is -0.356 e. The zero-order chi connectivity index (χ0) is 19.3. The standard InChI is InChI=1S/C20H22ClN7/c1-15-17(14-22-24-19-11-10-18(21)23-25-19)20(27-12-6-3-7-13-27)28(26-15)16-8-4-2-5-9-16/h2,4-5,8-11,14H,3,6-7,12-13H2,1H3,(H,24,25)/b22-14+. The first-order valence-corrected chi connectivity index (χ1v) is 9.78. The average Bonchev–Trinajstić information content (AvgIpc) is 3.07. The number of para-hydroxylation sites is 1. The quantitative estimate of drug-likeness (QED) is 0.521. The van der Waals surface area contributed by atoms with Gasteiger partial charge in [-0.25, -0.2) is 4.68 Å². The lowest BCUT2D eigenvalue weighted by Gasteiger charge is -2.29. The highest BCUT2D eigenvalue weighted by Gasteiger charge is 2.22. The maximum atomic E-state index is 5.77. The molecule has 0 saturated carbocycles. The smallest absolute Gasteiger partial charge is 0.168 e. The van der Waals surface area contributed by atoms with Crippen molar-refractivity contribution in [3.05, 3.63) is 58.9 Å². The van der Waals surface area contributed by atoms with Gasteiger partial charge in [0, 0.05) is 13.1 Å². The molecular formula is C20H22ClN7. The summed E-state index contributed by atoms with van der Waals surface area (Å²) < 4.78 is 2.02. The molecule has 0 unspecified atom stereocenters. The van der Waals surface area contributed by atoms with Crippen LogP contribution in [0, 0.1) is 6.92 Å². The first-order chi connectivity index (χ1) is 13.7. The van der Waals surface area contributed by atoms with E-state index in [4.69, 9.17) is 16.7 Å². The zero-order valence-corrected chi connectivity index (χ0v) is 16.5. The van der Waals surface area contributed by atoms with Gasteiger partial charge < -0.3 is 4.90 Å². The summed E-state index contributed by atoms with van der Waals surface area (Å²) in [6.45, 7) is 4.06. The maximum absolute atomic E-state index is 5.77. The lowest BCUT2D eigenvalue weighted by molar-refractivity contribution is 0.567. The molecule has 8 heteroatoms. The second-order valence-electron chi connectivity index (χ2n) is 6.73. The third-order valence-electron chi connectivity index (χ3n) is 4.74. The van der Waals surface area contributed by atoms with Gasteiger partial charge in [-0.1, -0.05) is 29.8 Å². The van der Waals surface area contributed by atoms with Gasteiger partial charge in [0.1, 0.15) is 5.82 Å². The van der Waals surface area contributed by atoms with Crippen molar-refractivity contribution in [2.45, 2.75) is 26.2 Å². The second kappa shape index (κ2) is 8.39. The molecule has 4 rings (SSSR count). The summed E-state index contributed by atoms with van der Waals surface area (Å²) in [6.07, 6.45) is 5.46. The molecule has 28 heavy (non-hydrogen) atoms. The van der Waals surface area contributed by atoms with Crippen LogP contribution in [0.2, 0.25) is 5.15 Å². The fourth-order valence-electron chi connectivity index (χ4n) is 3.38. The number of nitrogens with zero attached hydrogens (tertiary/aromatic N) is 6. The molecule has 2 aromatic heterocycles. The van der Waals surface area contributed by atoms with E-state index in [0.717, 1.165) is 35.9 Å². The van der Waals surface area contributed by atoms with E-state index in [1.165, 1.54) is 19.3 Å². The molecule has 1 fully saturated rings. The van der Waals surface area contributed by atoms with Crippen molar-refractivity contribution >= 4 is 29.5 Å². The number of nitrogens with one attached hydrogen (secondary N) is 1. The number of halogens is 1. The van der Waals surface area contributed by atoms with Gasteiger partial charge >= 0.3 is 0 Å². The van der Waals surface area contributed by atoms with E-state index >= 15 is 0 Å². The predicted molar refractivity (Wildman–Crippen MR) is 113 cm³/mol. The molecule has 1 saturated heterocycles. The van der Waals surface area contributed by atoms with Gasteiger partial charge in [0.15, 0.2) is 11.0 Å². The Bertz CT molecular complexity index is 945. The molecule has 1 aromatic carbocycles. The van der Waals surface area contributed by atoms with E-state index in [0.29, 0.717) is 11.0 Å². The van der Waals surface area contributed by atoms with Crippen molar-refractivity contribution in [3.8, 4) is 5.69 Å². The second-order valence-corrected chi connectivity index (χ2v) is 7.12. The van der Waals surface area contributed by atoms with Crippen LogP contribution >= 0.6 is 11.6 Å². The van der Waals surface area contributed by atoms with Gasteiger partial charge in [-0.2, -0.15) is 10.2 Å². The Labute approximate surface area is 169 Å². The number of piperidine rings is 1. The van der Waals surface area contributed by atoms with Gasteiger partial charge in [0.2, 0.25) is 0 Å². The van der Waals surface area contributed by atoms with Crippen molar-refractivity contribution < 1.29 is 0 Å². The van der Waals surface area contributed by atoms with Crippen LogP contribution in [0.4, 0.5) is 11.6 Å². The third-order valence-corrected chi connectivity index (χ3v) is 4.94. The van der Waals surface area contributed by atoms with Crippen molar-refractivity contribution in [3.63, 3.8) is 0 Å². The molecule has 7 nitrogen and oxygen atoms in total. The first kappa shape index (κ1) is 18.4. The first-order valence-electron chi connectivity index (χ1n) is 9.40. The van der Waals surface area contributed by atoms with Gasteiger partial charge in [0.05, 0.1) is 23.2 Å². The Morgan fingerprint density at radius 2 is 1.82 bits per heavy atom. The molecular weight excluding hydrogens is 374 g/mol. The van der Waals surface area contributed by atoms with Gasteiger partial charge in [-0.05, 0) is 50.5 Å². The molecule has 0 radical (unpaired) electrons. The highest BCUT2D eigenvalue weighted by Crippen LogP contribution is 2.28. The SMILES string of the molecule is Cc1nn(-c2ccccc2)c(N2CCCCC2)c1/C=N/Nc1ccc(Cl)nn1. The van der Waals surface area contributed by atoms with Crippen LogP contribution in [0.5, 0.6) is 0 Å². The van der Waals surface area contributed by atoms with Crippen LogP contribution in [-0.2, 0) is 0 Å². The Morgan fingerprint density at radius 1 is 1.04 bits per heavy atom. The highest BCUT2D eigenvalue weighted by molar-refractivity contribution is 6.29. The fraction of sp³-hybridized carbons (Fsp3) is 0.300. The Balaban J connectivity index is 1.68. The summed E-state index contributed by atoms with van der Waals surface area (Å²) in [6, 6.07) is 13.6. The highest BCUT2D eigenvalue weighted by atomic mass is 35.5. The van der Waals surface area contributed by atoms with Crippen molar-refractivity contribution in [1.29, 1.82) is 0 Å². The normalized spacial score (nSPS) is 14.6. The Morgan fingerprint density at radius 3 is 2.54 bits per heavy atom. The van der Waals surface area contributed by atoms with Crippen LogP contribution in [0.25, 0.3) is 5.69 Å². The number of hydrogen-bond acceptors (Lipinski definition) is 6. The number of anilines is 2.